The molecule has 0 aliphatic rings. The molecule has 0 radical (unpaired) electrons. The van der Waals surface area contributed by atoms with E-state index in [1.54, 1.807) is 0 Å². The third-order valence-electron chi connectivity index (χ3n) is 2.99. The van der Waals surface area contributed by atoms with Crippen molar-refractivity contribution in [1.82, 2.24) is 0 Å². The van der Waals surface area contributed by atoms with Gasteiger partial charge in [0.25, 0.3) is 0 Å². The lowest BCUT2D eigenvalue weighted by molar-refractivity contribution is 0.145. The molecule has 0 fully saturated rings. The first-order valence-electron chi connectivity index (χ1n) is 5.98. The minimum absolute atomic E-state index is 0.335. The van der Waals surface area contributed by atoms with Crippen molar-refractivity contribution in [2.24, 2.45) is 5.92 Å². The Morgan fingerprint density at radius 1 is 1.38 bits per heavy atom. The first-order chi connectivity index (χ1) is 7.54. The maximum atomic E-state index is 10.1. The fourth-order valence-corrected chi connectivity index (χ4v) is 2.34. The topological polar surface area (TPSA) is 20.2 Å². The van der Waals surface area contributed by atoms with E-state index in [1.807, 2.05) is 18.2 Å². The van der Waals surface area contributed by atoms with Crippen LogP contribution in [-0.2, 0) is 0 Å². The number of aryl methyl sites for hydroxylation is 1. The Morgan fingerprint density at radius 2 is 2.06 bits per heavy atom. The van der Waals surface area contributed by atoms with E-state index in [0.717, 1.165) is 16.5 Å². The molecule has 2 atom stereocenters. The maximum Gasteiger partial charge on any atom is 0.0793 e. The number of hydrogen-bond donors (Lipinski definition) is 1. The monoisotopic (exact) mass is 284 g/mol. The van der Waals surface area contributed by atoms with Gasteiger partial charge in [-0.15, -0.1) is 0 Å². The van der Waals surface area contributed by atoms with Crippen LogP contribution in [0.25, 0.3) is 0 Å². The van der Waals surface area contributed by atoms with Crippen molar-refractivity contribution in [3.63, 3.8) is 0 Å². The van der Waals surface area contributed by atoms with E-state index in [1.165, 1.54) is 18.4 Å². The zero-order valence-corrected chi connectivity index (χ0v) is 11.9. The molecule has 0 spiro atoms. The van der Waals surface area contributed by atoms with Crippen LogP contribution in [0.2, 0.25) is 0 Å². The highest BCUT2D eigenvalue weighted by molar-refractivity contribution is 9.10. The van der Waals surface area contributed by atoms with Crippen LogP contribution in [0.4, 0.5) is 0 Å². The minimum atomic E-state index is -0.335. The number of hydrogen-bond acceptors (Lipinski definition) is 1. The molecule has 1 N–H and O–H groups in total. The Kier molecular flexibility index (Phi) is 5.50. The molecule has 1 rings (SSSR count). The van der Waals surface area contributed by atoms with Crippen LogP contribution < -0.4 is 0 Å². The molecule has 0 saturated heterocycles. The van der Waals surface area contributed by atoms with E-state index >= 15 is 0 Å². The molecule has 0 aliphatic heterocycles. The molecule has 1 aromatic rings. The van der Waals surface area contributed by atoms with E-state index in [9.17, 15) is 5.11 Å². The molecule has 1 aromatic carbocycles. The van der Waals surface area contributed by atoms with Crippen LogP contribution in [0.3, 0.4) is 0 Å². The average molecular weight is 285 g/mol. The van der Waals surface area contributed by atoms with Crippen molar-refractivity contribution in [2.75, 3.05) is 0 Å². The van der Waals surface area contributed by atoms with Crippen LogP contribution in [0.1, 0.15) is 50.3 Å². The van der Waals surface area contributed by atoms with Crippen LogP contribution in [0, 0.1) is 12.8 Å². The summed E-state index contributed by atoms with van der Waals surface area (Å²) in [5, 5.41) is 10.1. The minimum Gasteiger partial charge on any atom is -0.388 e. The van der Waals surface area contributed by atoms with Crippen molar-refractivity contribution >= 4 is 15.9 Å². The number of rotatable bonds is 5. The molecule has 2 heteroatoms. The van der Waals surface area contributed by atoms with Gasteiger partial charge < -0.3 is 5.11 Å². The first-order valence-corrected chi connectivity index (χ1v) is 6.78. The molecule has 0 bridgehead atoms. The van der Waals surface area contributed by atoms with Gasteiger partial charge in [-0.25, -0.2) is 0 Å². The third kappa shape index (κ3) is 3.91. The van der Waals surface area contributed by atoms with Crippen molar-refractivity contribution < 1.29 is 5.11 Å². The van der Waals surface area contributed by atoms with E-state index < -0.39 is 0 Å². The molecule has 0 heterocycles. The number of aliphatic hydroxyl groups is 1. The summed E-state index contributed by atoms with van der Waals surface area (Å²) in [6.07, 6.45) is 2.89. The summed E-state index contributed by atoms with van der Waals surface area (Å²) in [7, 11) is 0. The van der Waals surface area contributed by atoms with Crippen molar-refractivity contribution in [3.8, 4) is 0 Å². The van der Waals surface area contributed by atoms with E-state index in [2.05, 4.69) is 36.7 Å². The molecular weight excluding hydrogens is 264 g/mol. The normalized spacial score (nSPS) is 14.8. The van der Waals surface area contributed by atoms with Gasteiger partial charge in [0.1, 0.15) is 0 Å². The Labute approximate surface area is 107 Å². The first kappa shape index (κ1) is 13.7. The summed E-state index contributed by atoms with van der Waals surface area (Å²) in [6, 6.07) is 6.09. The lowest BCUT2D eigenvalue weighted by Crippen LogP contribution is -2.04. The van der Waals surface area contributed by atoms with E-state index in [-0.39, 0.29) is 6.10 Å². The van der Waals surface area contributed by atoms with Crippen LogP contribution in [0.15, 0.2) is 22.7 Å². The van der Waals surface area contributed by atoms with Crippen LogP contribution in [0.5, 0.6) is 0 Å². The molecule has 0 saturated carbocycles. The summed E-state index contributed by atoms with van der Waals surface area (Å²) in [5.41, 5.74) is 2.22. The lowest BCUT2D eigenvalue weighted by Gasteiger charge is -2.16. The van der Waals surface area contributed by atoms with Gasteiger partial charge in [-0.05, 0) is 36.5 Å². The Hall–Kier alpha value is -0.340. The fraction of sp³-hybridized carbons (Fsp3) is 0.571. The zero-order chi connectivity index (χ0) is 12.1. The smallest absolute Gasteiger partial charge is 0.0793 e. The van der Waals surface area contributed by atoms with Gasteiger partial charge in [-0.2, -0.15) is 0 Å². The average Bonchev–Trinajstić information content (AvgIpc) is 2.22. The predicted molar refractivity (Wildman–Crippen MR) is 72.5 cm³/mol. The standard InChI is InChI=1S/C14H21BrO/c1-4-5-10(2)8-14(16)12-7-6-11(3)13(15)9-12/h6-7,9-10,14,16H,4-5,8H2,1-3H3. The van der Waals surface area contributed by atoms with Crippen molar-refractivity contribution in [2.45, 2.75) is 46.1 Å². The number of halogens is 1. The molecular formula is C14H21BrO. The quantitative estimate of drug-likeness (QED) is 0.837. The van der Waals surface area contributed by atoms with Gasteiger partial charge in [0.15, 0.2) is 0 Å². The molecule has 16 heavy (non-hydrogen) atoms. The van der Waals surface area contributed by atoms with Crippen molar-refractivity contribution in [1.29, 1.82) is 0 Å². The molecule has 0 aliphatic carbocycles. The summed E-state index contributed by atoms with van der Waals surface area (Å²) < 4.78 is 1.08. The second-order valence-electron chi connectivity index (χ2n) is 4.65. The maximum absolute atomic E-state index is 10.1. The summed E-state index contributed by atoms with van der Waals surface area (Å²) >= 11 is 3.50. The van der Waals surface area contributed by atoms with Gasteiger partial charge >= 0.3 is 0 Å². The largest absolute Gasteiger partial charge is 0.388 e. The van der Waals surface area contributed by atoms with Gasteiger partial charge in [-0.1, -0.05) is 54.8 Å². The molecule has 1 nitrogen and oxygen atoms in total. The predicted octanol–water partition coefficient (Wildman–Crippen LogP) is 4.62. The summed E-state index contributed by atoms with van der Waals surface area (Å²) in [5.74, 6) is 0.583. The van der Waals surface area contributed by atoms with Gasteiger partial charge in [0.05, 0.1) is 6.10 Å². The highest BCUT2D eigenvalue weighted by Gasteiger charge is 2.12. The van der Waals surface area contributed by atoms with Crippen LogP contribution >= 0.6 is 15.9 Å². The summed E-state index contributed by atoms with van der Waals surface area (Å²) in [4.78, 5) is 0. The SMILES string of the molecule is CCCC(C)CC(O)c1ccc(C)c(Br)c1. The third-order valence-corrected chi connectivity index (χ3v) is 3.84. The number of benzene rings is 1. The van der Waals surface area contributed by atoms with Crippen molar-refractivity contribution in [3.05, 3.63) is 33.8 Å². The molecule has 2 unspecified atom stereocenters. The second-order valence-corrected chi connectivity index (χ2v) is 5.51. The van der Waals surface area contributed by atoms with Crippen LogP contribution in [-0.4, -0.2) is 5.11 Å². The lowest BCUT2D eigenvalue weighted by atomic mass is 9.94. The fourth-order valence-electron chi connectivity index (χ4n) is 1.94. The van der Waals surface area contributed by atoms with Gasteiger partial charge in [0, 0.05) is 4.47 Å². The Morgan fingerprint density at radius 3 is 2.62 bits per heavy atom. The van der Waals surface area contributed by atoms with Gasteiger partial charge in [0.2, 0.25) is 0 Å². The Balaban J connectivity index is 2.65. The second kappa shape index (κ2) is 6.41. The molecule has 90 valence electrons. The van der Waals surface area contributed by atoms with Gasteiger partial charge in [-0.3, -0.25) is 0 Å². The zero-order valence-electron chi connectivity index (χ0n) is 10.3. The van der Waals surface area contributed by atoms with E-state index in [4.69, 9.17) is 0 Å². The summed E-state index contributed by atoms with van der Waals surface area (Å²) in [6.45, 7) is 6.45. The highest BCUT2D eigenvalue weighted by atomic mass is 79.9. The Bertz CT molecular complexity index is 336. The highest BCUT2D eigenvalue weighted by Crippen LogP contribution is 2.27. The molecule has 0 aromatic heterocycles. The number of aliphatic hydroxyl groups excluding tert-OH is 1. The van der Waals surface area contributed by atoms with E-state index in [0.29, 0.717) is 5.92 Å². The molecule has 0 amide bonds.